The normalized spacial score (nSPS) is 23.1. The Labute approximate surface area is 99.6 Å². The van der Waals surface area contributed by atoms with Crippen molar-refractivity contribution < 1.29 is 0 Å². The predicted octanol–water partition coefficient (Wildman–Crippen LogP) is 2.27. The molecule has 2 rings (SSSR count). The molecule has 0 saturated carbocycles. The van der Waals surface area contributed by atoms with Crippen molar-refractivity contribution in [3.63, 3.8) is 0 Å². The average molecular weight is 242 g/mol. The summed E-state index contributed by atoms with van der Waals surface area (Å²) in [6.07, 6.45) is 3.64. The molecular formula is C11H18N2S2. The topological polar surface area (TPSA) is 38.0 Å². The van der Waals surface area contributed by atoms with E-state index in [1.165, 1.54) is 29.9 Å². The quantitative estimate of drug-likeness (QED) is 0.614. The summed E-state index contributed by atoms with van der Waals surface area (Å²) >= 11 is 3.83. The van der Waals surface area contributed by atoms with Gasteiger partial charge in [0.1, 0.15) is 0 Å². The summed E-state index contributed by atoms with van der Waals surface area (Å²) in [5.41, 5.74) is 4.45. The molecule has 2 atom stereocenters. The van der Waals surface area contributed by atoms with Crippen molar-refractivity contribution in [1.82, 2.24) is 5.43 Å². The molecule has 1 saturated heterocycles. The van der Waals surface area contributed by atoms with Gasteiger partial charge in [-0.05, 0) is 59.1 Å². The van der Waals surface area contributed by atoms with Crippen LogP contribution in [0, 0.1) is 5.92 Å². The highest BCUT2D eigenvalue weighted by atomic mass is 32.2. The fourth-order valence-electron chi connectivity index (χ4n) is 2.08. The summed E-state index contributed by atoms with van der Waals surface area (Å²) in [6.45, 7) is 0. The Balaban J connectivity index is 1.80. The first-order valence-corrected chi connectivity index (χ1v) is 7.55. The molecule has 2 nitrogen and oxygen atoms in total. The highest BCUT2D eigenvalue weighted by Gasteiger charge is 2.24. The summed E-state index contributed by atoms with van der Waals surface area (Å²) in [4.78, 5) is 0. The monoisotopic (exact) mass is 242 g/mol. The summed E-state index contributed by atoms with van der Waals surface area (Å²) in [6, 6.07) is 2.71. The van der Waals surface area contributed by atoms with Crippen LogP contribution in [0.3, 0.4) is 0 Å². The van der Waals surface area contributed by atoms with Crippen LogP contribution in [0.15, 0.2) is 16.8 Å². The van der Waals surface area contributed by atoms with Crippen LogP contribution in [-0.2, 0) is 6.42 Å². The highest BCUT2D eigenvalue weighted by Crippen LogP contribution is 2.27. The standard InChI is InChI=1S/C11H18N2S2/c12-13-11(10-4-6-15-8-10)2-1-9-3-5-14-7-9/h3,5,7,10-11,13H,1-2,4,6,8,12H2. The van der Waals surface area contributed by atoms with Crippen molar-refractivity contribution in [3.8, 4) is 0 Å². The van der Waals surface area contributed by atoms with Gasteiger partial charge in [0.15, 0.2) is 0 Å². The van der Waals surface area contributed by atoms with E-state index >= 15 is 0 Å². The number of thiophene rings is 1. The van der Waals surface area contributed by atoms with E-state index in [4.69, 9.17) is 5.84 Å². The van der Waals surface area contributed by atoms with Crippen molar-refractivity contribution >= 4 is 23.1 Å². The summed E-state index contributed by atoms with van der Waals surface area (Å²) < 4.78 is 0. The van der Waals surface area contributed by atoms with Crippen LogP contribution in [0.2, 0.25) is 0 Å². The van der Waals surface area contributed by atoms with Crippen molar-refractivity contribution in [1.29, 1.82) is 0 Å². The zero-order valence-electron chi connectivity index (χ0n) is 8.82. The lowest BCUT2D eigenvalue weighted by molar-refractivity contribution is 0.368. The van der Waals surface area contributed by atoms with E-state index in [0.717, 1.165) is 12.3 Å². The molecule has 15 heavy (non-hydrogen) atoms. The molecule has 1 aliphatic heterocycles. The number of aryl methyl sites for hydroxylation is 1. The van der Waals surface area contributed by atoms with E-state index in [-0.39, 0.29) is 0 Å². The van der Waals surface area contributed by atoms with Crippen molar-refractivity contribution in [2.24, 2.45) is 11.8 Å². The molecule has 1 aliphatic rings. The van der Waals surface area contributed by atoms with Gasteiger partial charge in [0.2, 0.25) is 0 Å². The maximum atomic E-state index is 5.64. The fraction of sp³-hybridized carbons (Fsp3) is 0.636. The lowest BCUT2D eigenvalue weighted by Gasteiger charge is -2.21. The Kier molecular flexibility index (Phi) is 4.50. The van der Waals surface area contributed by atoms with Gasteiger partial charge in [0.25, 0.3) is 0 Å². The van der Waals surface area contributed by atoms with Crippen LogP contribution in [0.25, 0.3) is 0 Å². The van der Waals surface area contributed by atoms with Gasteiger partial charge in [0.05, 0.1) is 0 Å². The minimum Gasteiger partial charge on any atom is -0.271 e. The molecule has 1 aromatic heterocycles. The van der Waals surface area contributed by atoms with E-state index in [9.17, 15) is 0 Å². The number of thioether (sulfide) groups is 1. The Hall–Kier alpha value is -0.0300. The third-order valence-electron chi connectivity index (χ3n) is 3.07. The van der Waals surface area contributed by atoms with Crippen LogP contribution in [-0.4, -0.2) is 17.5 Å². The molecule has 2 heterocycles. The predicted molar refractivity (Wildman–Crippen MR) is 69.2 cm³/mol. The molecule has 0 radical (unpaired) electrons. The van der Waals surface area contributed by atoms with E-state index in [1.54, 1.807) is 11.3 Å². The molecule has 0 aliphatic carbocycles. The average Bonchev–Trinajstić information content (AvgIpc) is 2.90. The van der Waals surface area contributed by atoms with E-state index in [0.29, 0.717) is 6.04 Å². The zero-order chi connectivity index (χ0) is 10.5. The Morgan fingerprint density at radius 2 is 2.53 bits per heavy atom. The van der Waals surface area contributed by atoms with Gasteiger partial charge in [-0.15, -0.1) is 0 Å². The smallest absolute Gasteiger partial charge is 0.0250 e. The van der Waals surface area contributed by atoms with Crippen LogP contribution < -0.4 is 11.3 Å². The molecule has 0 aromatic carbocycles. The van der Waals surface area contributed by atoms with Crippen molar-refractivity contribution in [3.05, 3.63) is 22.4 Å². The molecule has 84 valence electrons. The molecule has 1 fully saturated rings. The number of rotatable bonds is 5. The Morgan fingerprint density at radius 1 is 1.60 bits per heavy atom. The van der Waals surface area contributed by atoms with Crippen LogP contribution >= 0.6 is 23.1 Å². The van der Waals surface area contributed by atoms with Crippen LogP contribution in [0.1, 0.15) is 18.4 Å². The Bertz CT molecular complexity index is 268. The SMILES string of the molecule is NNC(CCc1ccsc1)C1CCSC1. The minimum atomic E-state index is 0.500. The molecule has 4 heteroatoms. The minimum absolute atomic E-state index is 0.500. The molecule has 0 amide bonds. The van der Waals surface area contributed by atoms with Crippen molar-refractivity contribution in [2.45, 2.75) is 25.3 Å². The second-order valence-electron chi connectivity index (χ2n) is 4.07. The van der Waals surface area contributed by atoms with Gasteiger partial charge in [-0.1, -0.05) is 0 Å². The highest BCUT2D eigenvalue weighted by molar-refractivity contribution is 7.99. The molecule has 0 bridgehead atoms. The van der Waals surface area contributed by atoms with Gasteiger partial charge in [0, 0.05) is 6.04 Å². The zero-order valence-corrected chi connectivity index (χ0v) is 10.4. The second kappa shape index (κ2) is 5.89. The maximum Gasteiger partial charge on any atom is 0.0250 e. The second-order valence-corrected chi connectivity index (χ2v) is 6.00. The lowest BCUT2D eigenvalue weighted by atomic mass is 9.94. The summed E-state index contributed by atoms with van der Waals surface area (Å²) in [7, 11) is 0. The van der Waals surface area contributed by atoms with Gasteiger partial charge in [-0.2, -0.15) is 23.1 Å². The molecule has 2 unspecified atom stereocenters. The van der Waals surface area contributed by atoms with Gasteiger partial charge < -0.3 is 0 Å². The van der Waals surface area contributed by atoms with E-state index < -0.39 is 0 Å². The van der Waals surface area contributed by atoms with Crippen molar-refractivity contribution in [2.75, 3.05) is 11.5 Å². The third-order valence-corrected chi connectivity index (χ3v) is 4.99. The largest absolute Gasteiger partial charge is 0.271 e. The van der Waals surface area contributed by atoms with E-state index in [2.05, 4.69) is 34.0 Å². The number of hydrazine groups is 1. The van der Waals surface area contributed by atoms with Crippen LogP contribution in [0.4, 0.5) is 0 Å². The molecular weight excluding hydrogens is 224 g/mol. The molecule has 0 spiro atoms. The first-order chi connectivity index (χ1) is 7.40. The van der Waals surface area contributed by atoms with Crippen LogP contribution in [0.5, 0.6) is 0 Å². The van der Waals surface area contributed by atoms with Gasteiger partial charge in [-0.3, -0.25) is 11.3 Å². The third kappa shape index (κ3) is 3.21. The fourth-order valence-corrected chi connectivity index (χ4v) is 4.12. The van der Waals surface area contributed by atoms with E-state index in [1.807, 2.05) is 0 Å². The Morgan fingerprint density at radius 3 is 3.13 bits per heavy atom. The van der Waals surface area contributed by atoms with Gasteiger partial charge >= 0.3 is 0 Å². The molecule has 3 N–H and O–H groups in total. The summed E-state index contributed by atoms with van der Waals surface area (Å²) in [5.74, 6) is 9.00. The number of hydrogen-bond acceptors (Lipinski definition) is 4. The number of nitrogens with one attached hydrogen (secondary N) is 1. The number of hydrogen-bond donors (Lipinski definition) is 2. The first kappa shape index (κ1) is 11.5. The number of nitrogens with two attached hydrogens (primary N) is 1. The summed E-state index contributed by atoms with van der Waals surface area (Å²) in [5, 5.41) is 4.38. The maximum absolute atomic E-state index is 5.64. The lowest BCUT2D eigenvalue weighted by Crippen LogP contribution is -2.41. The first-order valence-electron chi connectivity index (χ1n) is 5.45. The molecule has 1 aromatic rings. The van der Waals surface area contributed by atoms with Gasteiger partial charge in [-0.25, -0.2) is 0 Å².